The molecule has 3 rings (SSSR count). The lowest BCUT2D eigenvalue weighted by molar-refractivity contribution is 0.0683. The smallest absolute Gasteiger partial charge is 0.127 e. The van der Waals surface area contributed by atoms with Crippen LogP contribution >= 0.6 is 0 Å². The quantitative estimate of drug-likeness (QED) is 0.760. The first kappa shape index (κ1) is 12.2. The van der Waals surface area contributed by atoms with Crippen molar-refractivity contribution in [2.24, 2.45) is 5.73 Å². The number of likely N-dealkylation sites (tertiary alicyclic amines) is 1. The molecule has 0 saturated carbocycles. The molecule has 0 amide bonds. The van der Waals surface area contributed by atoms with Crippen molar-refractivity contribution < 1.29 is 4.52 Å². The second-order valence-corrected chi connectivity index (χ2v) is 6.80. The Morgan fingerprint density at radius 1 is 1.39 bits per heavy atom. The van der Waals surface area contributed by atoms with Gasteiger partial charge in [-0.3, -0.25) is 4.90 Å². The fourth-order valence-electron chi connectivity index (χ4n) is 3.63. The highest BCUT2D eigenvalue weighted by Gasteiger charge is 2.49. The van der Waals surface area contributed by atoms with Crippen LogP contribution in [0, 0.1) is 0 Å². The lowest BCUT2D eigenvalue weighted by Gasteiger charge is -2.46. The van der Waals surface area contributed by atoms with Crippen LogP contribution in [-0.2, 0) is 11.8 Å². The van der Waals surface area contributed by atoms with Crippen molar-refractivity contribution in [3.8, 4) is 0 Å². The summed E-state index contributed by atoms with van der Waals surface area (Å²) in [6, 6.07) is 0.216. The predicted octanol–water partition coefficient (Wildman–Crippen LogP) is 1.69. The molecule has 1 aromatic heterocycles. The van der Waals surface area contributed by atoms with E-state index < -0.39 is 0 Å². The van der Waals surface area contributed by atoms with Crippen LogP contribution in [0.15, 0.2) is 10.8 Å². The fourth-order valence-corrected chi connectivity index (χ4v) is 3.63. The summed E-state index contributed by atoms with van der Waals surface area (Å²) in [5.74, 6) is 0. The van der Waals surface area contributed by atoms with Gasteiger partial charge in [-0.15, -0.1) is 0 Å². The Morgan fingerprint density at radius 3 is 2.67 bits per heavy atom. The van der Waals surface area contributed by atoms with Crippen LogP contribution in [0.2, 0.25) is 0 Å². The Morgan fingerprint density at radius 2 is 2.06 bits per heavy atom. The number of rotatable bonds is 0. The van der Waals surface area contributed by atoms with Crippen LogP contribution < -0.4 is 5.73 Å². The largest absolute Gasteiger partial charge is 0.364 e. The molecular formula is C14H23N3O. The maximum atomic E-state index is 6.39. The summed E-state index contributed by atoms with van der Waals surface area (Å²) in [5.41, 5.74) is 9.14. The number of aromatic nitrogens is 1. The molecule has 1 saturated heterocycles. The molecule has 18 heavy (non-hydrogen) atoms. The van der Waals surface area contributed by atoms with E-state index in [4.69, 9.17) is 10.3 Å². The normalized spacial score (nSPS) is 27.7. The molecule has 100 valence electrons. The zero-order valence-corrected chi connectivity index (χ0v) is 11.6. The molecule has 2 aliphatic rings. The monoisotopic (exact) mass is 249 g/mol. The Balaban J connectivity index is 1.84. The second kappa shape index (κ2) is 3.81. The van der Waals surface area contributed by atoms with E-state index in [-0.39, 0.29) is 17.0 Å². The standard InChI is InChI=1S/C14H23N3O/c1-13(2,3)17-6-4-14(5-7-17)10-9-18-16-11(10)8-12(14)15/h9,12H,4-8,15H2,1-3H3. The first-order valence-corrected chi connectivity index (χ1v) is 6.88. The Hall–Kier alpha value is -0.870. The van der Waals surface area contributed by atoms with Crippen molar-refractivity contribution in [2.45, 2.75) is 57.0 Å². The number of hydrogen-bond acceptors (Lipinski definition) is 4. The van der Waals surface area contributed by atoms with E-state index in [0.717, 1.165) is 38.0 Å². The van der Waals surface area contributed by atoms with Crippen LogP contribution in [0.4, 0.5) is 0 Å². The predicted molar refractivity (Wildman–Crippen MR) is 70.4 cm³/mol. The summed E-state index contributed by atoms with van der Waals surface area (Å²) >= 11 is 0. The van der Waals surface area contributed by atoms with Crippen molar-refractivity contribution >= 4 is 0 Å². The molecule has 1 aliphatic carbocycles. The molecule has 1 aromatic rings. The second-order valence-electron chi connectivity index (χ2n) is 6.80. The minimum absolute atomic E-state index is 0.122. The average Bonchev–Trinajstić information content (AvgIpc) is 2.83. The van der Waals surface area contributed by atoms with Gasteiger partial charge in [0.25, 0.3) is 0 Å². The summed E-state index contributed by atoms with van der Waals surface area (Å²) in [5, 5.41) is 4.10. The molecule has 4 nitrogen and oxygen atoms in total. The average molecular weight is 249 g/mol. The molecule has 0 radical (unpaired) electrons. The van der Waals surface area contributed by atoms with E-state index >= 15 is 0 Å². The third-order valence-electron chi connectivity index (χ3n) is 4.91. The van der Waals surface area contributed by atoms with Gasteiger partial charge < -0.3 is 10.3 Å². The Labute approximate surface area is 108 Å². The molecule has 2 heterocycles. The zero-order chi connectivity index (χ0) is 13.0. The number of hydrogen-bond donors (Lipinski definition) is 1. The van der Waals surface area contributed by atoms with E-state index in [1.165, 1.54) is 5.56 Å². The van der Waals surface area contributed by atoms with Crippen LogP contribution in [-0.4, -0.2) is 34.7 Å². The van der Waals surface area contributed by atoms with Gasteiger partial charge in [0.05, 0.1) is 5.69 Å². The molecule has 1 unspecified atom stereocenters. The highest BCUT2D eigenvalue weighted by Crippen LogP contribution is 2.45. The molecule has 1 atom stereocenters. The van der Waals surface area contributed by atoms with E-state index in [0.29, 0.717) is 0 Å². The van der Waals surface area contributed by atoms with Gasteiger partial charge in [-0.05, 0) is 46.7 Å². The number of piperidine rings is 1. The van der Waals surface area contributed by atoms with Crippen molar-refractivity contribution in [1.82, 2.24) is 10.1 Å². The Kier molecular flexibility index (Phi) is 2.58. The molecule has 1 fully saturated rings. The third kappa shape index (κ3) is 1.62. The van der Waals surface area contributed by atoms with E-state index in [1.807, 2.05) is 6.26 Å². The van der Waals surface area contributed by atoms with Gasteiger partial charge in [-0.25, -0.2) is 0 Å². The molecule has 2 N–H and O–H groups in total. The summed E-state index contributed by atoms with van der Waals surface area (Å²) in [4.78, 5) is 2.55. The molecule has 0 bridgehead atoms. The topological polar surface area (TPSA) is 55.3 Å². The van der Waals surface area contributed by atoms with E-state index in [2.05, 4.69) is 30.8 Å². The van der Waals surface area contributed by atoms with Crippen molar-refractivity contribution in [1.29, 1.82) is 0 Å². The van der Waals surface area contributed by atoms with E-state index in [1.54, 1.807) is 0 Å². The van der Waals surface area contributed by atoms with Gasteiger partial charge in [0.2, 0.25) is 0 Å². The maximum absolute atomic E-state index is 6.39. The van der Waals surface area contributed by atoms with Crippen LogP contribution in [0.1, 0.15) is 44.9 Å². The molecule has 1 aliphatic heterocycles. The van der Waals surface area contributed by atoms with Crippen LogP contribution in [0.3, 0.4) is 0 Å². The summed E-state index contributed by atoms with van der Waals surface area (Å²) < 4.78 is 5.14. The van der Waals surface area contributed by atoms with E-state index in [9.17, 15) is 0 Å². The summed E-state index contributed by atoms with van der Waals surface area (Å²) in [6.07, 6.45) is 4.95. The lowest BCUT2D eigenvalue weighted by Crippen LogP contribution is -2.54. The van der Waals surface area contributed by atoms with Gasteiger partial charge >= 0.3 is 0 Å². The molecule has 0 aromatic carbocycles. The minimum atomic E-state index is 0.122. The number of nitrogens with zero attached hydrogens (tertiary/aromatic N) is 2. The third-order valence-corrected chi connectivity index (χ3v) is 4.91. The van der Waals surface area contributed by atoms with Crippen LogP contribution in [0.25, 0.3) is 0 Å². The molecule has 1 spiro atoms. The van der Waals surface area contributed by atoms with Crippen molar-refractivity contribution in [2.75, 3.05) is 13.1 Å². The van der Waals surface area contributed by atoms with Crippen LogP contribution in [0.5, 0.6) is 0 Å². The highest BCUT2D eigenvalue weighted by atomic mass is 16.5. The maximum Gasteiger partial charge on any atom is 0.127 e. The summed E-state index contributed by atoms with van der Waals surface area (Å²) in [7, 11) is 0. The first-order chi connectivity index (χ1) is 8.43. The lowest BCUT2D eigenvalue weighted by atomic mass is 9.71. The van der Waals surface area contributed by atoms with Gasteiger partial charge in [0, 0.05) is 29.0 Å². The van der Waals surface area contributed by atoms with Gasteiger partial charge in [-0.1, -0.05) is 5.16 Å². The van der Waals surface area contributed by atoms with Gasteiger partial charge in [0.1, 0.15) is 6.26 Å². The fraction of sp³-hybridized carbons (Fsp3) is 0.786. The first-order valence-electron chi connectivity index (χ1n) is 6.88. The van der Waals surface area contributed by atoms with Gasteiger partial charge in [0.15, 0.2) is 0 Å². The Bertz CT molecular complexity index is 438. The molecule has 4 heteroatoms. The SMILES string of the molecule is CC(C)(C)N1CCC2(CC1)c1conc1CC2N. The highest BCUT2D eigenvalue weighted by molar-refractivity contribution is 5.36. The number of nitrogens with two attached hydrogens (primary N) is 1. The van der Waals surface area contributed by atoms with Crippen molar-refractivity contribution in [3.63, 3.8) is 0 Å². The van der Waals surface area contributed by atoms with Crippen molar-refractivity contribution in [3.05, 3.63) is 17.5 Å². The summed E-state index contributed by atoms with van der Waals surface area (Å²) in [6.45, 7) is 9.07. The number of fused-ring (bicyclic) bond motifs is 2. The zero-order valence-electron chi connectivity index (χ0n) is 11.6. The minimum Gasteiger partial charge on any atom is -0.364 e. The van der Waals surface area contributed by atoms with Gasteiger partial charge in [-0.2, -0.15) is 0 Å². The molecular weight excluding hydrogens is 226 g/mol.